The van der Waals surface area contributed by atoms with Crippen LogP contribution in [-0.2, 0) is 9.53 Å². The van der Waals surface area contributed by atoms with Gasteiger partial charge in [0.05, 0.1) is 23.4 Å². The van der Waals surface area contributed by atoms with Crippen molar-refractivity contribution in [1.82, 2.24) is 0 Å². The minimum Gasteiger partial charge on any atom is -0.468 e. The molecule has 0 fully saturated rings. The lowest BCUT2D eigenvalue weighted by molar-refractivity contribution is -0.137. The van der Waals surface area contributed by atoms with Crippen LogP contribution in [0.5, 0.6) is 0 Å². The molecule has 15 heavy (non-hydrogen) atoms. The number of rotatable bonds is 3. The number of nitriles is 1. The molecular weight excluding hydrogens is 234 g/mol. The van der Waals surface area contributed by atoms with Crippen molar-refractivity contribution in [3.05, 3.63) is 28.8 Å². The van der Waals surface area contributed by atoms with E-state index in [-0.39, 0.29) is 11.7 Å². The third kappa shape index (κ3) is 3.15. The van der Waals surface area contributed by atoms with Crippen LogP contribution in [0.2, 0.25) is 5.02 Å². The number of carbonyl (C=O) groups is 1. The molecule has 0 aromatic heterocycles. The molecule has 1 aromatic carbocycles. The number of benzene rings is 1. The van der Waals surface area contributed by atoms with Crippen LogP contribution in [0.1, 0.15) is 5.56 Å². The molecule has 0 bridgehead atoms. The molecule has 0 aliphatic rings. The first kappa shape index (κ1) is 11.9. The van der Waals surface area contributed by atoms with E-state index in [0.717, 1.165) is 0 Å². The average Bonchev–Trinajstić information content (AvgIpc) is 2.26. The van der Waals surface area contributed by atoms with E-state index in [9.17, 15) is 4.79 Å². The molecule has 0 saturated heterocycles. The number of hydrogen-bond acceptors (Lipinski definition) is 4. The van der Waals surface area contributed by atoms with Gasteiger partial charge in [0.1, 0.15) is 6.07 Å². The second-order valence-electron chi connectivity index (χ2n) is 2.59. The van der Waals surface area contributed by atoms with Gasteiger partial charge in [-0.1, -0.05) is 17.7 Å². The second-order valence-corrected chi connectivity index (χ2v) is 3.99. The molecule has 5 heteroatoms. The highest BCUT2D eigenvalue weighted by Crippen LogP contribution is 2.30. The maximum absolute atomic E-state index is 10.9. The largest absolute Gasteiger partial charge is 0.468 e. The number of hydrogen-bond donors (Lipinski definition) is 0. The zero-order chi connectivity index (χ0) is 11.3. The molecule has 0 aliphatic heterocycles. The van der Waals surface area contributed by atoms with Crippen LogP contribution >= 0.6 is 23.4 Å². The minimum atomic E-state index is -0.344. The second kappa shape index (κ2) is 5.64. The molecule has 1 rings (SSSR count). The van der Waals surface area contributed by atoms with E-state index in [1.165, 1.54) is 18.9 Å². The zero-order valence-corrected chi connectivity index (χ0v) is 9.56. The van der Waals surface area contributed by atoms with Gasteiger partial charge in [-0.05, 0) is 12.1 Å². The Morgan fingerprint density at radius 1 is 1.67 bits per heavy atom. The van der Waals surface area contributed by atoms with Crippen LogP contribution < -0.4 is 0 Å². The third-order valence-electron chi connectivity index (χ3n) is 1.65. The molecule has 0 N–H and O–H groups in total. The zero-order valence-electron chi connectivity index (χ0n) is 7.99. The summed E-state index contributed by atoms with van der Waals surface area (Å²) in [6, 6.07) is 7.06. The summed E-state index contributed by atoms with van der Waals surface area (Å²) in [6.07, 6.45) is 0. The lowest BCUT2D eigenvalue weighted by Crippen LogP contribution is -2.03. The Labute approximate surface area is 97.0 Å². The highest BCUT2D eigenvalue weighted by Gasteiger charge is 2.09. The van der Waals surface area contributed by atoms with Gasteiger partial charge in [-0.3, -0.25) is 4.79 Å². The molecule has 0 heterocycles. The first-order chi connectivity index (χ1) is 7.19. The van der Waals surface area contributed by atoms with E-state index in [1.54, 1.807) is 18.2 Å². The van der Waals surface area contributed by atoms with Gasteiger partial charge in [-0.25, -0.2) is 0 Å². The molecule has 78 valence electrons. The Morgan fingerprint density at radius 2 is 2.40 bits per heavy atom. The van der Waals surface area contributed by atoms with E-state index in [0.29, 0.717) is 15.5 Å². The summed E-state index contributed by atoms with van der Waals surface area (Å²) in [5.41, 5.74) is 0.469. The number of carbonyl (C=O) groups excluding carboxylic acids is 1. The van der Waals surface area contributed by atoms with E-state index >= 15 is 0 Å². The summed E-state index contributed by atoms with van der Waals surface area (Å²) < 4.78 is 4.50. The van der Waals surface area contributed by atoms with Gasteiger partial charge in [-0.2, -0.15) is 5.26 Å². The van der Waals surface area contributed by atoms with Gasteiger partial charge in [-0.15, -0.1) is 11.8 Å². The third-order valence-corrected chi connectivity index (χ3v) is 3.19. The van der Waals surface area contributed by atoms with Crippen molar-refractivity contribution in [2.24, 2.45) is 0 Å². The monoisotopic (exact) mass is 241 g/mol. The first-order valence-corrected chi connectivity index (χ1v) is 5.43. The van der Waals surface area contributed by atoms with Crippen molar-refractivity contribution in [2.75, 3.05) is 12.9 Å². The van der Waals surface area contributed by atoms with Gasteiger partial charge < -0.3 is 4.74 Å². The summed E-state index contributed by atoms with van der Waals surface area (Å²) in [5.74, 6) is -0.196. The number of thioether (sulfide) groups is 1. The Hall–Kier alpha value is -1.18. The molecule has 3 nitrogen and oxygen atoms in total. The van der Waals surface area contributed by atoms with Crippen molar-refractivity contribution in [3.8, 4) is 6.07 Å². The Balaban J connectivity index is 2.84. The highest BCUT2D eigenvalue weighted by atomic mass is 35.5. The number of ether oxygens (including phenoxy) is 1. The van der Waals surface area contributed by atoms with Crippen LogP contribution in [0.15, 0.2) is 23.1 Å². The standard InChI is InChI=1S/C10H8ClNO2S/c1-14-9(13)6-15-10-7(5-12)3-2-4-8(10)11/h2-4H,6H2,1H3. The summed E-state index contributed by atoms with van der Waals surface area (Å²) in [7, 11) is 1.32. The lowest BCUT2D eigenvalue weighted by atomic mass is 10.2. The summed E-state index contributed by atoms with van der Waals surface area (Å²) in [5, 5.41) is 9.30. The summed E-state index contributed by atoms with van der Waals surface area (Å²) in [4.78, 5) is 11.5. The molecule has 0 atom stereocenters. The smallest absolute Gasteiger partial charge is 0.315 e. The van der Waals surface area contributed by atoms with Crippen LogP contribution in [0, 0.1) is 11.3 Å². The molecule has 0 unspecified atom stereocenters. The van der Waals surface area contributed by atoms with Crippen LogP contribution in [0.3, 0.4) is 0 Å². The van der Waals surface area contributed by atoms with Crippen molar-refractivity contribution < 1.29 is 9.53 Å². The van der Waals surface area contributed by atoms with Crippen molar-refractivity contribution in [2.45, 2.75) is 4.90 Å². The molecular formula is C10H8ClNO2S. The molecule has 0 radical (unpaired) electrons. The van der Waals surface area contributed by atoms with E-state index in [4.69, 9.17) is 16.9 Å². The predicted octanol–water partition coefficient (Wildman–Crippen LogP) is 2.48. The number of esters is 1. The molecule has 0 amide bonds. The Morgan fingerprint density at radius 3 is 3.00 bits per heavy atom. The van der Waals surface area contributed by atoms with Crippen LogP contribution in [0.25, 0.3) is 0 Å². The molecule has 0 aliphatic carbocycles. The van der Waals surface area contributed by atoms with Crippen LogP contribution in [0.4, 0.5) is 0 Å². The summed E-state index contributed by atoms with van der Waals surface area (Å²) >= 11 is 7.11. The average molecular weight is 242 g/mol. The van der Waals surface area contributed by atoms with E-state index < -0.39 is 0 Å². The SMILES string of the molecule is COC(=O)CSc1c(Cl)cccc1C#N. The molecule has 0 spiro atoms. The van der Waals surface area contributed by atoms with E-state index in [2.05, 4.69) is 4.74 Å². The Kier molecular flexibility index (Phi) is 4.47. The fraction of sp³-hybridized carbons (Fsp3) is 0.200. The topological polar surface area (TPSA) is 50.1 Å². The van der Waals surface area contributed by atoms with Gasteiger partial charge in [0.25, 0.3) is 0 Å². The fourth-order valence-electron chi connectivity index (χ4n) is 0.934. The quantitative estimate of drug-likeness (QED) is 0.603. The number of methoxy groups -OCH3 is 1. The maximum atomic E-state index is 10.9. The molecule has 1 aromatic rings. The van der Waals surface area contributed by atoms with Gasteiger partial charge in [0.15, 0.2) is 0 Å². The van der Waals surface area contributed by atoms with E-state index in [1.807, 2.05) is 6.07 Å². The fourth-order valence-corrected chi connectivity index (χ4v) is 2.13. The predicted molar refractivity (Wildman–Crippen MR) is 58.9 cm³/mol. The maximum Gasteiger partial charge on any atom is 0.315 e. The van der Waals surface area contributed by atoms with Crippen molar-refractivity contribution >= 4 is 29.3 Å². The first-order valence-electron chi connectivity index (χ1n) is 4.07. The van der Waals surface area contributed by atoms with Gasteiger partial charge in [0, 0.05) is 4.90 Å². The summed E-state index contributed by atoms with van der Waals surface area (Å²) in [6.45, 7) is 0. The minimum absolute atomic E-state index is 0.148. The normalized spacial score (nSPS) is 9.40. The molecule has 0 saturated carbocycles. The van der Waals surface area contributed by atoms with Gasteiger partial charge >= 0.3 is 5.97 Å². The van der Waals surface area contributed by atoms with Crippen LogP contribution in [-0.4, -0.2) is 18.8 Å². The Bertz CT molecular complexity index is 414. The van der Waals surface area contributed by atoms with Crippen molar-refractivity contribution in [1.29, 1.82) is 5.26 Å². The highest BCUT2D eigenvalue weighted by molar-refractivity contribution is 8.00. The van der Waals surface area contributed by atoms with Crippen molar-refractivity contribution in [3.63, 3.8) is 0 Å². The number of halogens is 1. The lowest BCUT2D eigenvalue weighted by Gasteiger charge is -2.04. The van der Waals surface area contributed by atoms with Gasteiger partial charge in [0.2, 0.25) is 0 Å². The number of nitrogens with zero attached hydrogens (tertiary/aromatic N) is 1.